The Labute approximate surface area is 161 Å². The fraction of sp³-hybridized carbons (Fsp3) is 0.400. The Kier molecular flexibility index (Phi) is 4.62. The van der Waals surface area contributed by atoms with Gasteiger partial charge in [-0.15, -0.1) is 0 Å². The molecule has 1 saturated carbocycles. The summed E-state index contributed by atoms with van der Waals surface area (Å²) in [4.78, 5) is 53.0. The van der Waals surface area contributed by atoms with Gasteiger partial charge in [0.1, 0.15) is 5.54 Å². The zero-order valence-electron chi connectivity index (χ0n) is 15.4. The van der Waals surface area contributed by atoms with E-state index in [0.29, 0.717) is 42.3 Å². The van der Waals surface area contributed by atoms with Gasteiger partial charge in [-0.05, 0) is 25.3 Å². The lowest BCUT2D eigenvalue weighted by atomic mass is 9.98. The van der Waals surface area contributed by atoms with Crippen molar-refractivity contribution in [3.8, 4) is 0 Å². The second kappa shape index (κ2) is 7.10. The number of aromatic nitrogens is 1. The van der Waals surface area contributed by atoms with Crippen molar-refractivity contribution in [1.82, 2.24) is 20.5 Å². The van der Waals surface area contributed by atoms with Crippen molar-refractivity contribution in [3.05, 3.63) is 46.2 Å². The van der Waals surface area contributed by atoms with Crippen LogP contribution in [0.25, 0.3) is 10.9 Å². The first-order valence-electron chi connectivity index (χ1n) is 9.55. The summed E-state index contributed by atoms with van der Waals surface area (Å²) in [5.41, 5.74) is -0.143. The maximum atomic E-state index is 12.6. The highest BCUT2D eigenvalue weighted by atomic mass is 16.2. The van der Waals surface area contributed by atoms with Crippen molar-refractivity contribution in [2.75, 3.05) is 13.1 Å². The number of urea groups is 1. The van der Waals surface area contributed by atoms with Crippen LogP contribution in [0.1, 0.15) is 42.5 Å². The Morgan fingerprint density at radius 3 is 2.68 bits per heavy atom. The molecule has 2 aliphatic rings. The number of carbonyl (C=O) groups is 3. The molecule has 146 valence electrons. The van der Waals surface area contributed by atoms with Gasteiger partial charge in [-0.25, -0.2) is 4.79 Å². The second-order valence-corrected chi connectivity index (χ2v) is 7.38. The number of carbonyl (C=O) groups excluding carboxylic acids is 3. The molecule has 2 aromatic rings. The van der Waals surface area contributed by atoms with Gasteiger partial charge in [-0.1, -0.05) is 31.0 Å². The zero-order valence-corrected chi connectivity index (χ0v) is 15.4. The third-order valence-electron chi connectivity index (χ3n) is 5.54. The highest BCUT2D eigenvalue weighted by Gasteiger charge is 2.51. The molecule has 8 nitrogen and oxygen atoms in total. The average Bonchev–Trinajstić information content (AvgIpc) is 3.24. The number of H-pyrrole nitrogens is 1. The Hall–Kier alpha value is -3.16. The van der Waals surface area contributed by atoms with Gasteiger partial charge < -0.3 is 15.6 Å². The van der Waals surface area contributed by atoms with E-state index >= 15 is 0 Å². The lowest BCUT2D eigenvalue weighted by molar-refractivity contribution is -0.131. The number of hydrogen-bond donors (Lipinski definition) is 3. The number of aromatic amines is 1. The maximum absolute atomic E-state index is 12.6. The molecule has 2 heterocycles. The van der Waals surface area contributed by atoms with Crippen LogP contribution in [0.5, 0.6) is 0 Å². The van der Waals surface area contributed by atoms with Gasteiger partial charge in [-0.2, -0.15) is 0 Å². The summed E-state index contributed by atoms with van der Waals surface area (Å²) in [6.07, 6.45) is 3.73. The van der Waals surface area contributed by atoms with Crippen LogP contribution in [-0.4, -0.2) is 46.4 Å². The monoisotopic (exact) mass is 382 g/mol. The number of hydrogen-bond acceptors (Lipinski definition) is 4. The Morgan fingerprint density at radius 1 is 1.14 bits per heavy atom. The maximum Gasteiger partial charge on any atom is 0.325 e. The van der Waals surface area contributed by atoms with Crippen molar-refractivity contribution < 1.29 is 14.4 Å². The molecule has 0 bridgehead atoms. The topological polar surface area (TPSA) is 111 Å². The summed E-state index contributed by atoms with van der Waals surface area (Å²) in [6.45, 7) is 0.548. The number of imide groups is 1. The Balaban J connectivity index is 1.36. The number of nitrogens with zero attached hydrogens (tertiary/aromatic N) is 1. The standard InChI is InChI=1S/C20H22N4O4/c25-16-12-14(13-6-1-2-7-15(13)22-16)17(26)21-10-5-11-24-18(27)20(23-19(24)28)8-3-4-9-20/h1-2,6-7,12H,3-5,8-11H2,(H,21,26)(H,22,25)(H,23,28). The summed E-state index contributed by atoms with van der Waals surface area (Å²) in [6, 6.07) is 8.03. The Morgan fingerprint density at radius 2 is 1.89 bits per heavy atom. The molecule has 8 heteroatoms. The highest BCUT2D eigenvalue weighted by molar-refractivity contribution is 6.07. The molecule has 1 spiro atoms. The third kappa shape index (κ3) is 3.15. The lowest BCUT2D eigenvalue weighted by Crippen LogP contribution is -2.44. The fourth-order valence-electron chi connectivity index (χ4n) is 4.12. The predicted octanol–water partition coefficient (Wildman–Crippen LogP) is 1.51. The number of nitrogens with one attached hydrogen (secondary N) is 3. The van der Waals surface area contributed by atoms with Crippen molar-refractivity contribution in [2.45, 2.75) is 37.6 Å². The van der Waals surface area contributed by atoms with Crippen molar-refractivity contribution in [3.63, 3.8) is 0 Å². The summed E-state index contributed by atoms with van der Waals surface area (Å²) in [5, 5.41) is 6.28. The third-order valence-corrected chi connectivity index (χ3v) is 5.54. The molecule has 4 amide bonds. The number of benzene rings is 1. The van der Waals surface area contributed by atoms with E-state index in [4.69, 9.17) is 0 Å². The molecule has 0 radical (unpaired) electrons. The largest absolute Gasteiger partial charge is 0.352 e. The minimum absolute atomic E-state index is 0.151. The molecule has 1 aromatic heterocycles. The number of rotatable bonds is 5. The minimum Gasteiger partial charge on any atom is -0.352 e. The van der Waals surface area contributed by atoms with E-state index in [0.717, 1.165) is 12.8 Å². The first kappa shape index (κ1) is 18.2. The van der Waals surface area contributed by atoms with Crippen LogP contribution in [0.3, 0.4) is 0 Å². The van der Waals surface area contributed by atoms with Gasteiger partial charge in [0, 0.05) is 30.1 Å². The fourth-order valence-corrected chi connectivity index (χ4v) is 4.12. The molecule has 0 unspecified atom stereocenters. The van der Waals surface area contributed by atoms with E-state index in [1.54, 1.807) is 24.3 Å². The van der Waals surface area contributed by atoms with Crippen LogP contribution in [0.2, 0.25) is 0 Å². The number of pyridine rings is 1. The molecule has 28 heavy (non-hydrogen) atoms. The normalized spacial score (nSPS) is 18.1. The molecule has 2 fully saturated rings. The van der Waals surface area contributed by atoms with E-state index in [1.807, 2.05) is 0 Å². The van der Waals surface area contributed by atoms with E-state index in [2.05, 4.69) is 15.6 Å². The molecular weight excluding hydrogens is 360 g/mol. The van der Waals surface area contributed by atoms with Gasteiger partial charge in [0.05, 0.1) is 5.56 Å². The van der Waals surface area contributed by atoms with Gasteiger partial charge in [0.25, 0.3) is 11.8 Å². The Bertz CT molecular complexity index is 1010. The van der Waals surface area contributed by atoms with Crippen LogP contribution >= 0.6 is 0 Å². The first-order valence-corrected chi connectivity index (χ1v) is 9.55. The van der Waals surface area contributed by atoms with Crippen molar-refractivity contribution in [1.29, 1.82) is 0 Å². The first-order chi connectivity index (χ1) is 13.5. The van der Waals surface area contributed by atoms with Crippen molar-refractivity contribution >= 4 is 28.7 Å². The summed E-state index contributed by atoms with van der Waals surface area (Å²) in [7, 11) is 0. The molecule has 1 aliphatic heterocycles. The quantitative estimate of drug-likeness (QED) is 0.538. The van der Waals surface area contributed by atoms with E-state index < -0.39 is 5.54 Å². The van der Waals surface area contributed by atoms with E-state index in [-0.39, 0.29) is 29.9 Å². The van der Waals surface area contributed by atoms with Crippen LogP contribution < -0.4 is 16.2 Å². The number of fused-ring (bicyclic) bond motifs is 1. The van der Waals surface area contributed by atoms with Gasteiger partial charge in [0.15, 0.2) is 0 Å². The molecule has 1 aromatic carbocycles. The number of amides is 4. The van der Waals surface area contributed by atoms with Crippen LogP contribution in [-0.2, 0) is 4.79 Å². The average molecular weight is 382 g/mol. The smallest absolute Gasteiger partial charge is 0.325 e. The SMILES string of the molecule is O=C(NCCCN1C(=O)NC2(CCCC2)C1=O)c1cc(=O)[nH]c2ccccc12. The van der Waals surface area contributed by atoms with Gasteiger partial charge >= 0.3 is 6.03 Å². The minimum atomic E-state index is -0.704. The summed E-state index contributed by atoms with van der Waals surface area (Å²) >= 11 is 0. The highest BCUT2D eigenvalue weighted by Crippen LogP contribution is 2.34. The van der Waals surface area contributed by atoms with E-state index in [9.17, 15) is 19.2 Å². The number of para-hydroxylation sites is 1. The zero-order chi connectivity index (χ0) is 19.7. The van der Waals surface area contributed by atoms with Gasteiger partial charge in [-0.3, -0.25) is 19.3 Å². The molecule has 0 atom stereocenters. The summed E-state index contributed by atoms with van der Waals surface area (Å²) < 4.78 is 0. The van der Waals surface area contributed by atoms with Crippen LogP contribution in [0, 0.1) is 0 Å². The predicted molar refractivity (Wildman–Crippen MR) is 103 cm³/mol. The van der Waals surface area contributed by atoms with E-state index in [1.165, 1.54) is 11.0 Å². The van der Waals surface area contributed by atoms with Crippen LogP contribution in [0.4, 0.5) is 4.79 Å². The van der Waals surface area contributed by atoms with Gasteiger partial charge in [0.2, 0.25) is 5.56 Å². The summed E-state index contributed by atoms with van der Waals surface area (Å²) in [5.74, 6) is -0.506. The second-order valence-electron chi connectivity index (χ2n) is 7.38. The molecule has 4 rings (SSSR count). The molecule has 1 aliphatic carbocycles. The molecule has 1 saturated heterocycles. The molecule has 3 N–H and O–H groups in total. The lowest BCUT2D eigenvalue weighted by Gasteiger charge is -2.20. The molecular formula is C20H22N4O4. The van der Waals surface area contributed by atoms with Crippen molar-refractivity contribution in [2.24, 2.45) is 0 Å². The van der Waals surface area contributed by atoms with Crippen LogP contribution in [0.15, 0.2) is 35.1 Å².